The van der Waals surface area contributed by atoms with E-state index in [9.17, 15) is 9.18 Å². The molecule has 2 heterocycles. The first-order valence-corrected chi connectivity index (χ1v) is 9.67. The number of aromatic nitrogens is 3. The minimum Gasteiger partial charge on any atom is -0.326 e. The van der Waals surface area contributed by atoms with Gasteiger partial charge in [0.2, 0.25) is 0 Å². The van der Waals surface area contributed by atoms with Gasteiger partial charge in [-0.2, -0.15) is 0 Å². The van der Waals surface area contributed by atoms with Gasteiger partial charge in [-0.1, -0.05) is 25.5 Å². The van der Waals surface area contributed by atoms with Crippen molar-refractivity contribution in [3.8, 4) is 0 Å². The number of carbonyl (C=O) groups excluding carboxylic acids is 1. The minimum atomic E-state index is -0.388. The monoisotopic (exact) mass is 391 g/mol. The first kappa shape index (κ1) is 19.0. The van der Waals surface area contributed by atoms with E-state index >= 15 is 0 Å². The Labute approximate surface area is 167 Å². The molecule has 0 fully saturated rings. The standard InChI is InChI=1S/C22H22FN5O/c1-2-3-12-28-20(27-22(29)14-8-10-15(23)11-9-14)16(13-24)19-21(28)26-18-7-5-4-6-17(18)25-19/h4-11H,2-3,12-13,24H2,1H3,(H,27,29). The lowest BCUT2D eigenvalue weighted by molar-refractivity contribution is 0.102. The van der Waals surface area contributed by atoms with Gasteiger partial charge in [-0.15, -0.1) is 0 Å². The molecule has 0 saturated carbocycles. The maximum atomic E-state index is 13.2. The van der Waals surface area contributed by atoms with Gasteiger partial charge in [0, 0.05) is 24.2 Å². The molecule has 4 aromatic rings. The van der Waals surface area contributed by atoms with E-state index in [0.717, 1.165) is 29.4 Å². The molecule has 0 aliphatic heterocycles. The number of halogens is 1. The van der Waals surface area contributed by atoms with E-state index in [1.54, 1.807) is 0 Å². The Kier molecular flexibility index (Phi) is 5.22. The van der Waals surface area contributed by atoms with E-state index in [-0.39, 0.29) is 18.3 Å². The van der Waals surface area contributed by atoms with Gasteiger partial charge in [-0.25, -0.2) is 14.4 Å². The molecule has 4 rings (SSSR count). The molecule has 0 aliphatic carbocycles. The van der Waals surface area contributed by atoms with Crippen LogP contribution in [0.15, 0.2) is 48.5 Å². The van der Waals surface area contributed by atoms with Crippen LogP contribution in [0.1, 0.15) is 35.7 Å². The average molecular weight is 391 g/mol. The molecular formula is C22H22FN5O. The Morgan fingerprint density at radius 3 is 2.45 bits per heavy atom. The minimum absolute atomic E-state index is 0.210. The molecule has 0 aliphatic rings. The molecule has 148 valence electrons. The van der Waals surface area contributed by atoms with Crippen LogP contribution in [0.25, 0.3) is 22.2 Å². The van der Waals surface area contributed by atoms with Gasteiger partial charge in [0.1, 0.15) is 17.2 Å². The summed E-state index contributed by atoms with van der Waals surface area (Å²) in [7, 11) is 0. The van der Waals surface area contributed by atoms with Crippen molar-refractivity contribution in [3.63, 3.8) is 0 Å². The summed E-state index contributed by atoms with van der Waals surface area (Å²) in [6.45, 7) is 2.99. The average Bonchev–Trinajstić information content (AvgIpc) is 3.02. The van der Waals surface area contributed by atoms with Gasteiger partial charge in [-0.3, -0.25) is 4.79 Å². The molecule has 6 nitrogen and oxygen atoms in total. The fourth-order valence-electron chi connectivity index (χ4n) is 3.41. The summed E-state index contributed by atoms with van der Waals surface area (Å²) in [5, 5.41) is 2.96. The quantitative estimate of drug-likeness (QED) is 0.515. The van der Waals surface area contributed by atoms with Crippen LogP contribution in [0, 0.1) is 5.82 Å². The predicted octanol–water partition coefficient (Wildman–Crippen LogP) is 4.23. The second-order valence-electron chi connectivity index (χ2n) is 6.88. The zero-order chi connectivity index (χ0) is 20.4. The lowest BCUT2D eigenvalue weighted by Gasteiger charge is -2.12. The topological polar surface area (TPSA) is 85.8 Å². The van der Waals surface area contributed by atoms with Crippen LogP contribution in [0.3, 0.4) is 0 Å². The highest BCUT2D eigenvalue weighted by molar-refractivity contribution is 6.06. The number of benzene rings is 2. The molecule has 0 saturated heterocycles. The van der Waals surface area contributed by atoms with Crippen molar-refractivity contribution in [3.05, 3.63) is 65.5 Å². The van der Waals surface area contributed by atoms with Crippen molar-refractivity contribution < 1.29 is 9.18 Å². The van der Waals surface area contributed by atoms with Gasteiger partial charge < -0.3 is 15.6 Å². The largest absolute Gasteiger partial charge is 0.326 e. The van der Waals surface area contributed by atoms with E-state index in [4.69, 9.17) is 15.7 Å². The molecule has 7 heteroatoms. The van der Waals surface area contributed by atoms with Gasteiger partial charge in [0.15, 0.2) is 5.65 Å². The van der Waals surface area contributed by atoms with Gasteiger partial charge in [-0.05, 0) is 42.8 Å². The molecule has 0 unspecified atom stereocenters. The third-order valence-electron chi connectivity index (χ3n) is 4.93. The van der Waals surface area contributed by atoms with Crippen LogP contribution in [0.4, 0.5) is 10.2 Å². The van der Waals surface area contributed by atoms with E-state index in [1.807, 2.05) is 28.8 Å². The number of aryl methyl sites for hydroxylation is 1. The highest BCUT2D eigenvalue weighted by Crippen LogP contribution is 2.30. The number of nitrogens with two attached hydrogens (primary N) is 1. The molecule has 2 aromatic heterocycles. The Morgan fingerprint density at radius 2 is 1.79 bits per heavy atom. The number of amides is 1. The summed E-state index contributed by atoms with van der Waals surface area (Å²) >= 11 is 0. The smallest absolute Gasteiger partial charge is 0.256 e. The number of rotatable bonds is 6. The number of unbranched alkanes of at least 4 members (excludes halogenated alkanes) is 1. The second kappa shape index (κ2) is 7.97. The number of hydrogen-bond donors (Lipinski definition) is 2. The lowest BCUT2D eigenvalue weighted by Crippen LogP contribution is -2.17. The van der Waals surface area contributed by atoms with Crippen molar-refractivity contribution in [1.82, 2.24) is 14.5 Å². The fourth-order valence-corrected chi connectivity index (χ4v) is 3.41. The SMILES string of the molecule is CCCCn1c(NC(=O)c2ccc(F)cc2)c(CN)c2nc3ccccc3nc21. The number of carbonyl (C=O) groups is 1. The Bertz CT molecular complexity index is 1180. The van der Waals surface area contributed by atoms with Crippen molar-refractivity contribution in [1.29, 1.82) is 0 Å². The summed E-state index contributed by atoms with van der Waals surface area (Å²) in [5.74, 6) is -0.119. The van der Waals surface area contributed by atoms with Crippen LogP contribution in [-0.2, 0) is 13.1 Å². The summed E-state index contributed by atoms with van der Waals surface area (Å²) < 4.78 is 15.2. The number of nitrogens with one attached hydrogen (secondary N) is 1. The van der Waals surface area contributed by atoms with E-state index in [0.29, 0.717) is 29.1 Å². The normalized spacial score (nSPS) is 11.3. The maximum Gasteiger partial charge on any atom is 0.256 e. The molecule has 3 N–H and O–H groups in total. The molecule has 0 spiro atoms. The number of anilines is 1. The van der Waals surface area contributed by atoms with Gasteiger partial charge in [0.05, 0.1) is 11.0 Å². The van der Waals surface area contributed by atoms with Gasteiger partial charge >= 0.3 is 0 Å². The molecule has 1 amide bonds. The maximum absolute atomic E-state index is 13.2. The van der Waals surface area contributed by atoms with Crippen LogP contribution in [0.2, 0.25) is 0 Å². The third kappa shape index (κ3) is 3.56. The zero-order valence-electron chi connectivity index (χ0n) is 16.2. The van der Waals surface area contributed by atoms with Crippen molar-refractivity contribution >= 4 is 33.9 Å². The lowest BCUT2D eigenvalue weighted by atomic mass is 10.2. The van der Waals surface area contributed by atoms with Crippen molar-refractivity contribution in [2.75, 3.05) is 5.32 Å². The highest BCUT2D eigenvalue weighted by atomic mass is 19.1. The highest BCUT2D eigenvalue weighted by Gasteiger charge is 2.21. The third-order valence-corrected chi connectivity index (χ3v) is 4.93. The molecule has 29 heavy (non-hydrogen) atoms. The molecule has 2 aromatic carbocycles. The first-order valence-electron chi connectivity index (χ1n) is 9.67. The second-order valence-corrected chi connectivity index (χ2v) is 6.88. The van der Waals surface area contributed by atoms with Crippen LogP contribution in [-0.4, -0.2) is 20.4 Å². The van der Waals surface area contributed by atoms with E-state index < -0.39 is 0 Å². The molecular weight excluding hydrogens is 369 g/mol. The number of nitrogens with zero attached hydrogens (tertiary/aromatic N) is 3. The summed E-state index contributed by atoms with van der Waals surface area (Å²) in [6, 6.07) is 13.1. The molecule has 0 atom stereocenters. The first-order chi connectivity index (χ1) is 14.1. The summed E-state index contributed by atoms with van der Waals surface area (Å²) in [4.78, 5) is 22.4. The van der Waals surface area contributed by atoms with Crippen molar-refractivity contribution in [2.24, 2.45) is 5.73 Å². The zero-order valence-corrected chi connectivity index (χ0v) is 16.2. The van der Waals surface area contributed by atoms with Crippen LogP contribution in [0.5, 0.6) is 0 Å². The molecule has 0 bridgehead atoms. The Morgan fingerprint density at radius 1 is 1.10 bits per heavy atom. The molecule has 0 radical (unpaired) electrons. The van der Waals surface area contributed by atoms with Crippen molar-refractivity contribution in [2.45, 2.75) is 32.9 Å². The fraction of sp³-hybridized carbons (Fsp3) is 0.227. The van der Waals surface area contributed by atoms with Crippen LogP contribution < -0.4 is 11.1 Å². The van der Waals surface area contributed by atoms with Gasteiger partial charge in [0.25, 0.3) is 5.91 Å². The summed E-state index contributed by atoms with van der Waals surface area (Å²) in [6.07, 6.45) is 1.91. The summed E-state index contributed by atoms with van der Waals surface area (Å²) in [5.41, 5.74) is 10.1. The van der Waals surface area contributed by atoms with E-state index in [1.165, 1.54) is 24.3 Å². The van der Waals surface area contributed by atoms with Crippen LogP contribution >= 0.6 is 0 Å². The Balaban J connectivity index is 1.86. The number of hydrogen-bond acceptors (Lipinski definition) is 4. The number of para-hydroxylation sites is 2. The van der Waals surface area contributed by atoms with E-state index in [2.05, 4.69) is 12.2 Å². The Hall–Kier alpha value is -3.32. The predicted molar refractivity (Wildman–Crippen MR) is 112 cm³/mol. The number of fused-ring (bicyclic) bond motifs is 2.